The fraction of sp³-hybridized carbons (Fsp3) is 0. The Kier molecular flexibility index (Phi) is 2.33. The smallest absolute Gasteiger partial charge is 0.252 e. The summed E-state index contributed by atoms with van der Waals surface area (Å²) >= 11 is 0. The maximum absolute atomic E-state index is 8.39. The molecule has 8 heteroatoms. The summed E-state index contributed by atoms with van der Waals surface area (Å²) in [5, 5.41) is 19.2. The number of hydrogen-bond acceptors (Lipinski definition) is 8. The van der Waals surface area contributed by atoms with Crippen LogP contribution in [-0.4, -0.2) is 31.6 Å². The molecule has 1 rings (SSSR count). The first-order valence-corrected chi connectivity index (χ1v) is 2.85. The van der Waals surface area contributed by atoms with Crippen LogP contribution in [0.4, 0.5) is 11.9 Å². The molecule has 0 saturated heterocycles. The van der Waals surface area contributed by atoms with E-state index in [9.17, 15) is 0 Å². The van der Waals surface area contributed by atoms with Gasteiger partial charge >= 0.3 is 0 Å². The molecule has 0 aliphatic rings. The molecule has 0 aliphatic carbocycles. The summed E-state index contributed by atoms with van der Waals surface area (Å²) in [6.45, 7) is 0. The summed E-state index contributed by atoms with van der Waals surface area (Å²) in [7, 11) is 0. The van der Waals surface area contributed by atoms with E-state index in [4.69, 9.17) is 16.1 Å². The van der Waals surface area contributed by atoms with Gasteiger partial charge in [-0.25, -0.2) is 5.48 Å². The van der Waals surface area contributed by atoms with Crippen molar-refractivity contribution in [3.8, 4) is 0 Å². The number of anilines is 2. The van der Waals surface area contributed by atoms with Crippen molar-refractivity contribution < 1.29 is 10.4 Å². The van der Waals surface area contributed by atoms with Gasteiger partial charge in [0.05, 0.1) is 0 Å². The van der Waals surface area contributed by atoms with Crippen molar-refractivity contribution in [1.82, 2.24) is 15.0 Å². The highest BCUT2D eigenvalue weighted by molar-refractivity contribution is 5.74. The summed E-state index contributed by atoms with van der Waals surface area (Å²) < 4.78 is 0. The first kappa shape index (κ1) is 8.14. The van der Waals surface area contributed by atoms with Crippen LogP contribution in [0.25, 0.3) is 0 Å². The molecule has 64 valence electrons. The molecule has 1 aromatic rings. The van der Waals surface area contributed by atoms with Crippen molar-refractivity contribution in [2.45, 2.75) is 0 Å². The molecule has 5 N–H and O–H groups in total. The second-order valence-corrected chi connectivity index (χ2v) is 1.73. The number of hydrogen-bond donors (Lipinski definition) is 4. The van der Waals surface area contributed by atoms with E-state index in [1.54, 1.807) is 5.48 Å². The normalized spacial score (nSPS) is 10.4. The number of nitrogens with two attached hydrogens (primary N) is 1. The number of nitrogens with zero attached hydrogens (tertiary/aromatic N) is 4. The Bertz CT molecular complexity index is 300. The van der Waals surface area contributed by atoms with Crippen LogP contribution in [0.15, 0.2) is 5.16 Å². The Labute approximate surface area is 66.7 Å². The van der Waals surface area contributed by atoms with Gasteiger partial charge in [-0.05, 0) is 0 Å². The molecule has 1 heterocycles. The summed E-state index contributed by atoms with van der Waals surface area (Å²) in [5.74, 6) is -0.157. The van der Waals surface area contributed by atoms with Crippen LogP contribution in [0.5, 0.6) is 0 Å². The highest BCUT2D eigenvalue weighted by atomic mass is 16.5. The fourth-order valence-corrected chi connectivity index (χ4v) is 0.569. The Morgan fingerprint density at radius 1 is 1.42 bits per heavy atom. The maximum atomic E-state index is 8.39. The zero-order valence-electron chi connectivity index (χ0n) is 5.84. The van der Waals surface area contributed by atoms with Crippen LogP contribution >= 0.6 is 0 Å². The highest BCUT2D eigenvalue weighted by Gasteiger charge is 2.00. The predicted molar refractivity (Wildman–Crippen MR) is 39.0 cm³/mol. The molecule has 0 aromatic carbocycles. The molecule has 0 bridgehead atoms. The van der Waals surface area contributed by atoms with Crippen molar-refractivity contribution in [3.63, 3.8) is 0 Å². The van der Waals surface area contributed by atoms with Crippen LogP contribution in [0.2, 0.25) is 0 Å². The predicted octanol–water partition coefficient (Wildman–Crippen LogP) is -0.937. The quantitative estimate of drug-likeness (QED) is 0.256. The van der Waals surface area contributed by atoms with Gasteiger partial charge in [0, 0.05) is 0 Å². The molecule has 0 atom stereocenters. The second kappa shape index (κ2) is 3.44. The fourth-order valence-electron chi connectivity index (χ4n) is 0.569. The van der Waals surface area contributed by atoms with E-state index in [-0.39, 0.29) is 17.7 Å². The minimum absolute atomic E-state index is 0.0431. The van der Waals surface area contributed by atoms with Crippen LogP contribution in [0, 0.1) is 0 Å². The van der Waals surface area contributed by atoms with Gasteiger partial charge in [-0.3, -0.25) is 5.21 Å². The van der Waals surface area contributed by atoms with Crippen molar-refractivity contribution in [1.29, 1.82) is 0 Å². The van der Waals surface area contributed by atoms with E-state index in [0.29, 0.717) is 0 Å². The monoisotopic (exact) mass is 170 g/mol. The van der Waals surface area contributed by atoms with E-state index in [0.717, 1.165) is 6.21 Å². The zero-order chi connectivity index (χ0) is 8.97. The Balaban J connectivity index is 3.06. The first-order chi connectivity index (χ1) is 5.76. The third-order valence-electron chi connectivity index (χ3n) is 0.943. The standard InChI is InChI=1S/C4H6N6O2/c5-3-7-2(1-6-11)8-4(9-3)10-12/h1,11-12H,(H3,5,7,8,9,10)/b6-1+. The van der Waals surface area contributed by atoms with Gasteiger partial charge in [-0.15, -0.1) is 0 Å². The summed E-state index contributed by atoms with van der Waals surface area (Å²) in [6, 6.07) is 0. The lowest BCUT2D eigenvalue weighted by atomic mass is 10.6. The second-order valence-electron chi connectivity index (χ2n) is 1.73. The summed E-state index contributed by atoms with van der Waals surface area (Å²) in [6.07, 6.45) is 0.957. The van der Waals surface area contributed by atoms with E-state index in [1.165, 1.54) is 0 Å². The average Bonchev–Trinajstić information content (AvgIpc) is 2.04. The molecule has 0 radical (unpaired) electrons. The number of rotatable bonds is 2. The van der Waals surface area contributed by atoms with Crippen molar-refractivity contribution >= 4 is 18.1 Å². The lowest BCUT2D eigenvalue weighted by molar-refractivity contribution is 0.321. The van der Waals surface area contributed by atoms with Crippen molar-refractivity contribution in [3.05, 3.63) is 5.82 Å². The summed E-state index contributed by atoms with van der Waals surface area (Å²) in [5.41, 5.74) is 6.89. The van der Waals surface area contributed by atoms with Gasteiger partial charge in [0.1, 0.15) is 6.21 Å². The molecule has 1 aromatic heterocycles. The topological polar surface area (TPSA) is 130 Å². The van der Waals surface area contributed by atoms with Gasteiger partial charge in [-0.1, -0.05) is 5.16 Å². The zero-order valence-corrected chi connectivity index (χ0v) is 5.84. The SMILES string of the molecule is Nc1nc(/C=N/O)nc(NO)n1. The summed E-state index contributed by atoms with van der Waals surface area (Å²) in [4.78, 5) is 10.6. The Morgan fingerprint density at radius 2 is 2.17 bits per heavy atom. The molecule has 8 nitrogen and oxygen atoms in total. The lowest BCUT2D eigenvalue weighted by Gasteiger charge is -1.97. The largest absolute Gasteiger partial charge is 0.411 e. The molecule has 0 unspecified atom stereocenters. The van der Waals surface area contributed by atoms with Crippen LogP contribution in [0.3, 0.4) is 0 Å². The van der Waals surface area contributed by atoms with E-state index in [2.05, 4.69) is 20.1 Å². The van der Waals surface area contributed by atoms with Crippen LogP contribution < -0.4 is 11.2 Å². The van der Waals surface area contributed by atoms with Crippen molar-refractivity contribution in [2.24, 2.45) is 5.16 Å². The molecule has 12 heavy (non-hydrogen) atoms. The first-order valence-electron chi connectivity index (χ1n) is 2.85. The van der Waals surface area contributed by atoms with Crippen molar-refractivity contribution in [2.75, 3.05) is 11.2 Å². The number of oxime groups is 1. The minimum Gasteiger partial charge on any atom is -0.411 e. The molecular formula is C4H6N6O2. The molecule has 0 spiro atoms. The third-order valence-corrected chi connectivity index (χ3v) is 0.943. The molecule has 0 aliphatic heterocycles. The molecular weight excluding hydrogens is 164 g/mol. The third kappa shape index (κ3) is 1.76. The molecule has 0 saturated carbocycles. The number of aromatic nitrogens is 3. The lowest BCUT2D eigenvalue weighted by Crippen LogP contribution is -2.06. The van der Waals surface area contributed by atoms with Crippen LogP contribution in [0.1, 0.15) is 5.82 Å². The molecule has 0 fully saturated rings. The van der Waals surface area contributed by atoms with E-state index < -0.39 is 0 Å². The van der Waals surface area contributed by atoms with E-state index >= 15 is 0 Å². The highest BCUT2D eigenvalue weighted by Crippen LogP contribution is 1.98. The van der Waals surface area contributed by atoms with Crippen LogP contribution in [-0.2, 0) is 0 Å². The van der Waals surface area contributed by atoms with Gasteiger partial charge in [0.15, 0.2) is 5.82 Å². The number of nitrogens with one attached hydrogen (secondary N) is 1. The average molecular weight is 170 g/mol. The number of nitrogen functional groups attached to an aromatic ring is 1. The maximum Gasteiger partial charge on any atom is 0.252 e. The van der Waals surface area contributed by atoms with Gasteiger partial charge in [0.2, 0.25) is 5.95 Å². The Morgan fingerprint density at radius 3 is 2.75 bits per heavy atom. The van der Waals surface area contributed by atoms with Gasteiger partial charge < -0.3 is 10.9 Å². The van der Waals surface area contributed by atoms with E-state index in [1.807, 2.05) is 0 Å². The molecule has 0 amide bonds. The Hall–Kier alpha value is -1.96. The van der Waals surface area contributed by atoms with Gasteiger partial charge in [-0.2, -0.15) is 15.0 Å². The minimum atomic E-state index is -0.114. The van der Waals surface area contributed by atoms with Gasteiger partial charge in [0.25, 0.3) is 5.95 Å².